The van der Waals surface area contributed by atoms with Crippen molar-refractivity contribution >= 4 is 12.2 Å². The molecule has 4 heteroatoms. The first-order valence-corrected chi connectivity index (χ1v) is 10.1. The molecule has 0 spiro atoms. The number of benzene rings is 3. The first kappa shape index (κ1) is 21.7. The highest BCUT2D eigenvalue weighted by atomic mass is 19.3. The largest absolute Gasteiger partial charge is 0.491 e. The van der Waals surface area contributed by atoms with Crippen molar-refractivity contribution in [3.05, 3.63) is 88.7 Å². The zero-order chi connectivity index (χ0) is 21.5. The molecule has 0 aliphatic rings. The Hall–Kier alpha value is -3.01. The summed E-state index contributed by atoms with van der Waals surface area (Å²) in [6.45, 7) is 4.05. The quantitative estimate of drug-likeness (QED) is 0.342. The van der Waals surface area contributed by atoms with Crippen LogP contribution in [0.2, 0.25) is 0 Å². The summed E-state index contributed by atoms with van der Waals surface area (Å²) in [6, 6.07) is 19.1. The molecule has 0 radical (unpaired) electrons. The van der Waals surface area contributed by atoms with Crippen molar-refractivity contribution in [3.63, 3.8) is 0 Å². The van der Waals surface area contributed by atoms with Gasteiger partial charge in [-0.15, -0.1) is 0 Å². The lowest BCUT2D eigenvalue weighted by atomic mass is 10.0. The van der Waals surface area contributed by atoms with Crippen molar-refractivity contribution in [1.29, 1.82) is 0 Å². The summed E-state index contributed by atoms with van der Waals surface area (Å²) in [6.07, 6.45) is 2.47. The van der Waals surface area contributed by atoms with E-state index < -0.39 is 17.8 Å². The van der Waals surface area contributed by atoms with Gasteiger partial charge in [0.15, 0.2) is 11.6 Å². The molecule has 3 aromatic rings. The smallest absolute Gasteiger partial charge is 0.267 e. The van der Waals surface area contributed by atoms with E-state index in [9.17, 15) is 13.2 Å². The Balaban J connectivity index is 1.80. The zero-order valence-corrected chi connectivity index (χ0v) is 17.2. The van der Waals surface area contributed by atoms with Gasteiger partial charge in [-0.25, -0.2) is 13.2 Å². The summed E-state index contributed by atoms with van der Waals surface area (Å²) in [5.74, 6) is -1.16. The van der Waals surface area contributed by atoms with Gasteiger partial charge in [0.05, 0.1) is 12.2 Å². The summed E-state index contributed by atoms with van der Waals surface area (Å²) in [7, 11) is 0. The highest BCUT2D eigenvalue weighted by Gasteiger charge is 2.21. The van der Waals surface area contributed by atoms with Gasteiger partial charge in [0.2, 0.25) is 0 Å². The maximum absolute atomic E-state index is 14.4. The first-order valence-electron chi connectivity index (χ1n) is 10.1. The Morgan fingerprint density at radius 2 is 1.47 bits per heavy atom. The number of rotatable bonds is 8. The van der Waals surface area contributed by atoms with E-state index in [1.165, 1.54) is 23.8 Å². The van der Waals surface area contributed by atoms with Crippen LogP contribution in [0.25, 0.3) is 23.3 Å². The van der Waals surface area contributed by atoms with E-state index in [1.807, 2.05) is 24.3 Å². The van der Waals surface area contributed by atoms with E-state index in [0.717, 1.165) is 29.5 Å². The second kappa shape index (κ2) is 10.1. The molecular formula is C26H25F3O. The van der Waals surface area contributed by atoms with Gasteiger partial charge in [0, 0.05) is 0 Å². The molecule has 0 saturated heterocycles. The molecule has 0 aliphatic carbocycles. The average Bonchev–Trinajstić information content (AvgIpc) is 2.75. The van der Waals surface area contributed by atoms with Crippen LogP contribution in [-0.4, -0.2) is 6.61 Å². The number of ether oxygens (including phenoxy) is 1. The van der Waals surface area contributed by atoms with Crippen LogP contribution in [0.3, 0.4) is 0 Å². The van der Waals surface area contributed by atoms with E-state index >= 15 is 0 Å². The highest BCUT2D eigenvalue weighted by molar-refractivity contribution is 5.74. The van der Waals surface area contributed by atoms with Crippen molar-refractivity contribution in [2.75, 3.05) is 6.61 Å². The molecule has 0 amide bonds. The third kappa shape index (κ3) is 5.12. The lowest BCUT2D eigenvalue weighted by Gasteiger charge is -2.11. The van der Waals surface area contributed by atoms with Gasteiger partial charge >= 0.3 is 0 Å². The zero-order valence-electron chi connectivity index (χ0n) is 17.2. The van der Waals surface area contributed by atoms with E-state index in [1.54, 1.807) is 13.0 Å². The maximum atomic E-state index is 14.4. The van der Waals surface area contributed by atoms with Gasteiger partial charge in [-0.05, 0) is 47.2 Å². The lowest BCUT2D eigenvalue weighted by Crippen LogP contribution is -2.01. The predicted molar refractivity (Wildman–Crippen MR) is 117 cm³/mol. The van der Waals surface area contributed by atoms with Gasteiger partial charge in [-0.2, -0.15) is 0 Å². The number of alkyl halides is 2. The Bertz CT molecular complexity index is 990. The summed E-state index contributed by atoms with van der Waals surface area (Å²) >= 11 is 0. The molecule has 0 aliphatic heterocycles. The van der Waals surface area contributed by atoms with Crippen molar-refractivity contribution in [3.8, 4) is 16.9 Å². The Morgan fingerprint density at radius 3 is 2.03 bits per heavy atom. The van der Waals surface area contributed by atoms with Gasteiger partial charge in [0.1, 0.15) is 0 Å². The molecule has 0 saturated carbocycles. The van der Waals surface area contributed by atoms with Crippen LogP contribution in [0.5, 0.6) is 5.75 Å². The minimum Gasteiger partial charge on any atom is -0.491 e. The monoisotopic (exact) mass is 410 g/mol. The Labute approximate surface area is 175 Å². The molecule has 1 nitrogen and oxygen atoms in total. The van der Waals surface area contributed by atoms with E-state index in [4.69, 9.17) is 4.74 Å². The van der Waals surface area contributed by atoms with E-state index in [2.05, 4.69) is 31.2 Å². The van der Waals surface area contributed by atoms with Crippen molar-refractivity contribution in [1.82, 2.24) is 0 Å². The topological polar surface area (TPSA) is 9.23 Å². The molecule has 156 valence electrons. The van der Waals surface area contributed by atoms with Gasteiger partial charge in [0.25, 0.3) is 6.43 Å². The SMILES string of the molecule is CCCc1ccc(-c2ccc(/C=C/c3ccc(OCC)c(F)c3C(F)F)cc2)cc1. The molecule has 0 unspecified atom stereocenters. The first-order chi connectivity index (χ1) is 14.5. The number of aryl methyl sites for hydroxylation is 1. The fourth-order valence-electron chi connectivity index (χ4n) is 3.35. The van der Waals surface area contributed by atoms with Crippen LogP contribution in [0.4, 0.5) is 13.2 Å². The van der Waals surface area contributed by atoms with E-state index in [0.29, 0.717) is 0 Å². The molecule has 3 aromatic carbocycles. The summed E-state index contributed by atoms with van der Waals surface area (Å²) in [4.78, 5) is 0. The molecule has 0 bridgehead atoms. The number of halogens is 3. The van der Waals surface area contributed by atoms with Crippen molar-refractivity contribution in [2.45, 2.75) is 33.1 Å². The van der Waals surface area contributed by atoms with Crippen LogP contribution < -0.4 is 4.74 Å². The van der Waals surface area contributed by atoms with Crippen molar-refractivity contribution < 1.29 is 17.9 Å². The van der Waals surface area contributed by atoms with Crippen molar-refractivity contribution in [2.24, 2.45) is 0 Å². The third-order valence-corrected chi connectivity index (χ3v) is 4.89. The average molecular weight is 410 g/mol. The van der Waals surface area contributed by atoms with Crippen LogP contribution in [0.1, 0.15) is 48.9 Å². The van der Waals surface area contributed by atoms with Crippen LogP contribution >= 0.6 is 0 Å². The lowest BCUT2D eigenvalue weighted by molar-refractivity contribution is 0.144. The molecule has 0 fully saturated rings. The molecule has 0 heterocycles. The maximum Gasteiger partial charge on any atom is 0.267 e. The second-order valence-corrected chi connectivity index (χ2v) is 7.02. The summed E-state index contributed by atoms with van der Waals surface area (Å²) in [5, 5.41) is 0. The summed E-state index contributed by atoms with van der Waals surface area (Å²) < 4.78 is 46.3. The summed E-state index contributed by atoms with van der Waals surface area (Å²) in [5.41, 5.74) is 3.87. The Kier molecular flexibility index (Phi) is 7.34. The van der Waals surface area contributed by atoms with Gasteiger partial charge in [-0.3, -0.25) is 0 Å². The highest BCUT2D eigenvalue weighted by Crippen LogP contribution is 2.33. The molecule has 0 atom stereocenters. The third-order valence-electron chi connectivity index (χ3n) is 4.89. The number of hydrogen-bond donors (Lipinski definition) is 0. The minimum absolute atomic E-state index is 0.140. The van der Waals surface area contributed by atoms with Crippen LogP contribution in [0, 0.1) is 5.82 Å². The minimum atomic E-state index is -2.93. The second-order valence-electron chi connectivity index (χ2n) is 7.02. The molecule has 3 rings (SSSR count). The van der Waals surface area contributed by atoms with Gasteiger partial charge < -0.3 is 4.74 Å². The predicted octanol–water partition coefficient (Wildman–Crippen LogP) is 7.95. The Morgan fingerprint density at radius 1 is 0.833 bits per heavy atom. The molecule has 30 heavy (non-hydrogen) atoms. The van der Waals surface area contributed by atoms with Crippen LogP contribution in [-0.2, 0) is 6.42 Å². The molecular weight excluding hydrogens is 385 g/mol. The number of hydrogen-bond acceptors (Lipinski definition) is 1. The fraction of sp³-hybridized carbons (Fsp3) is 0.231. The molecule has 0 N–H and O–H groups in total. The molecule has 0 aromatic heterocycles. The fourth-order valence-corrected chi connectivity index (χ4v) is 3.35. The van der Waals surface area contributed by atoms with E-state index in [-0.39, 0.29) is 17.9 Å². The normalized spacial score (nSPS) is 11.4. The van der Waals surface area contributed by atoms with Crippen LogP contribution in [0.15, 0.2) is 60.7 Å². The standard InChI is InChI=1S/C26H25F3O/c1-3-5-18-6-11-20(12-7-18)21-13-8-19(9-14-21)10-15-22-16-17-23(30-4-2)25(27)24(22)26(28)29/h6-17,26H,3-5H2,1-2H3/b15-10+. The van der Waals surface area contributed by atoms with Gasteiger partial charge in [-0.1, -0.05) is 80.1 Å².